The molecule has 0 aliphatic heterocycles. The summed E-state index contributed by atoms with van der Waals surface area (Å²) in [5.74, 6) is 3.41. The zero-order valence-corrected chi connectivity index (χ0v) is 16.0. The molecule has 0 N–H and O–H groups in total. The van der Waals surface area contributed by atoms with Crippen LogP contribution in [-0.2, 0) is 12.8 Å². The van der Waals surface area contributed by atoms with Gasteiger partial charge in [0.2, 0.25) is 0 Å². The summed E-state index contributed by atoms with van der Waals surface area (Å²) in [5.41, 5.74) is 6.11. The molecule has 1 aromatic heterocycles. The predicted molar refractivity (Wildman–Crippen MR) is 97.2 cm³/mol. The van der Waals surface area contributed by atoms with Crippen molar-refractivity contribution in [1.29, 1.82) is 0 Å². The Bertz CT molecular complexity index is 526. The first kappa shape index (κ1) is 18.2. The molecule has 0 saturated carbocycles. The molecule has 1 rings (SSSR count). The molecule has 0 aliphatic carbocycles. The summed E-state index contributed by atoms with van der Waals surface area (Å²) < 4.78 is 0. The molecule has 0 bridgehead atoms. The van der Waals surface area contributed by atoms with Crippen LogP contribution in [0.2, 0.25) is 19.6 Å². The van der Waals surface area contributed by atoms with Gasteiger partial charge in [0.15, 0.2) is 6.29 Å². The largest absolute Gasteiger partial charge is 0.297 e. The molecule has 0 radical (unpaired) electrons. The first-order valence-corrected chi connectivity index (χ1v) is 12.4. The Balaban J connectivity index is 3.23. The van der Waals surface area contributed by atoms with Crippen molar-refractivity contribution in [3.63, 3.8) is 0 Å². The highest BCUT2D eigenvalue weighted by Gasteiger charge is 2.16. The van der Waals surface area contributed by atoms with Crippen LogP contribution < -0.4 is 0 Å². The van der Waals surface area contributed by atoms with E-state index >= 15 is 0 Å². The van der Waals surface area contributed by atoms with E-state index < -0.39 is 8.07 Å². The summed E-state index contributed by atoms with van der Waals surface area (Å²) in [4.78, 5) is 13.5. The Morgan fingerprint density at radius 3 is 2.10 bits per heavy atom. The predicted octanol–water partition coefficient (Wildman–Crippen LogP) is 5.47. The summed E-state index contributed by atoms with van der Waals surface area (Å²) in [7, 11) is -1.38. The molecular formula is C18H28OSSi. The first-order chi connectivity index (χ1) is 9.92. The van der Waals surface area contributed by atoms with Crippen molar-refractivity contribution in [2.45, 2.75) is 72.0 Å². The molecule has 0 saturated heterocycles. The molecule has 0 aliphatic rings. The number of carbonyl (C=O) groups excluding carboxylic acids is 1. The molecule has 0 atom stereocenters. The molecule has 116 valence electrons. The minimum absolute atomic E-state index is 0.912. The van der Waals surface area contributed by atoms with Gasteiger partial charge >= 0.3 is 0 Å². The monoisotopic (exact) mass is 320 g/mol. The van der Waals surface area contributed by atoms with Gasteiger partial charge in [0, 0.05) is 0 Å². The average Bonchev–Trinajstić information content (AvgIpc) is 2.76. The molecule has 21 heavy (non-hydrogen) atoms. The van der Waals surface area contributed by atoms with Crippen molar-refractivity contribution in [1.82, 2.24) is 0 Å². The van der Waals surface area contributed by atoms with Gasteiger partial charge in [-0.15, -0.1) is 16.9 Å². The molecule has 1 heterocycles. The van der Waals surface area contributed by atoms with Crippen LogP contribution in [0.1, 0.15) is 65.2 Å². The van der Waals surface area contributed by atoms with Crippen LogP contribution in [0.25, 0.3) is 0 Å². The number of hydrogen-bond acceptors (Lipinski definition) is 2. The van der Waals surface area contributed by atoms with Crippen LogP contribution in [-0.4, -0.2) is 14.4 Å². The average molecular weight is 321 g/mol. The van der Waals surface area contributed by atoms with E-state index in [1.807, 2.05) is 0 Å². The summed E-state index contributed by atoms with van der Waals surface area (Å²) in [6.07, 6.45) is 7.79. The van der Waals surface area contributed by atoms with Crippen molar-refractivity contribution in [2.75, 3.05) is 0 Å². The van der Waals surface area contributed by atoms with E-state index in [0.29, 0.717) is 0 Å². The van der Waals surface area contributed by atoms with E-state index in [-0.39, 0.29) is 0 Å². The molecule has 0 aromatic carbocycles. The molecule has 0 spiro atoms. The maximum Gasteiger partial charge on any atom is 0.160 e. The van der Waals surface area contributed by atoms with Crippen LogP contribution in [0.15, 0.2) is 0 Å². The lowest BCUT2D eigenvalue weighted by Crippen LogP contribution is -2.16. The van der Waals surface area contributed by atoms with Gasteiger partial charge in [0.1, 0.15) is 8.07 Å². The van der Waals surface area contributed by atoms with E-state index in [1.165, 1.54) is 24.0 Å². The third-order valence-corrected chi connectivity index (χ3v) is 5.36. The van der Waals surface area contributed by atoms with Crippen LogP contribution in [0.3, 0.4) is 0 Å². The van der Waals surface area contributed by atoms with Gasteiger partial charge in [-0.2, -0.15) is 0 Å². The van der Waals surface area contributed by atoms with Crippen LogP contribution in [0, 0.1) is 11.5 Å². The van der Waals surface area contributed by atoms with Gasteiger partial charge in [-0.25, -0.2) is 0 Å². The van der Waals surface area contributed by atoms with Crippen LogP contribution >= 0.6 is 11.3 Å². The molecule has 0 unspecified atom stereocenters. The molecule has 1 nitrogen and oxygen atoms in total. The summed E-state index contributed by atoms with van der Waals surface area (Å²) in [6, 6.07) is 0. The van der Waals surface area contributed by atoms with Crippen molar-refractivity contribution >= 4 is 25.7 Å². The Kier molecular flexibility index (Phi) is 7.41. The fourth-order valence-corrected chi connectivity index (χ4v) is 3.86. The number of rotatable bonds is 7. The van der Waals surface area contributed by atoms with E-state index in [0.717, 1.165) is 41.7 Å². The number of unbranched alkanes of at least 4 members (excludes halogenated alkanes) is 2. The Morgan fingerprint density at radius 1 is 1.05 bits per heavy atom. The highest BCUT2D eigenvalue weighted by atomic mass is 32.1. The smallest absolute Gasteiger partial charge is 0.160 e. The first-order valence-electron chi connectivity index (χ1n) is 8.05. The van der Waals surface area contributed by atoms with Gasteiger partial charge in [0.25, 0.3) is 0 Å². The maximum absolute atomic E-state index is 11.4. The minimum Gasteiger partial charge on any atom is -0.297 e. The van der Waals surface area contributed by atoms with Gasteiger partial charge in [-0.05, 0) is 36.8 Å². The third kappa shape index (κ3) is 5.80. The van der Waals surface area contributed by atoms with Crippen LogP contribution in [0.4, 0.5) is 0 Å². The Labute approximate surface area is 135 Å². The number of aldehydes is 1. The SMILES string of the molecule is CCCCc1c(C#C[Si](C)(C)C)sc(C=O)c1CCCC. The quantitative estimate of drug-likeness (QED) is 0.369. The topological polar surface area (TPSA) is 17.1 Å². The van der Waals surface area contributed by atoms with Crippen molar-refractivity contribution < 1.29 is 4.79 Å². The van der Waals surface area contributed by atoms with Gasteiger partial charge in [0.05, 0.1) is 9.75 Å². The minimum atomic E-state index is -1.38. The molecule has 3 heteroatoms. The van der Waals surface area contributed by atoms with Gasteiger partial charge < -0.3 is 0 Å². The number of carbonyl (C=O) groups is 1. The van der Waals surface area contributed by atoms with E-state index in [1.54, 1.807) is 11.3 Å². The second kappa shape index (κ2) is 8.56. The van der Waals surface area contributed by atoms with Crippen molar-refractivity contribution in [2.24, 2.45) is 0 Å². The highest BCUT2D eigenvalue weighted by Crippen LogP contribution is 2.30. The normalized spacial score (nSPS) is 11.1. The lowest BCUT2D eigenvalue weighted by atomic mass is 9.98. The lowest BCUT2D eigenvalue weighted by Gasteiger charge is -2.06. The van der Waals surface area contributed by atoms with Crippen molar-refractivity contribution in [3.8, 4) is 11.5 Å². The molecule has 0 amide bonds. The third-order valence-electron chi connectivity index (χ3n) is 3.37. The Morgan fingerprint density at radius 2 is 1.62 bits per heavy atom. The van der Waals surface area contributed by atoms with E-state index in [9.17, 15) is 4.79 Å². The molecule has 1 aromatic rings. The summed E-state index contributed by atoms with van der Waals surface area (Å²) in [6.45, 7) is 11.2. The summed E-state index contributed by atoms with van der Waals surface area (Å²) >= 11 is 1.61. The van der Waals surface area contributed by atoms with E-state index in [2.05, 4.69) is 45.0 Å². The fraction of sp³-hybridized carbons (Fsp3) is 0.611. The lowest BCUT2D eigenvalue weighted by molar-refractivity contribution is 0.112. The number of hydrogen-bond donors (Lipinski definition) is 0. The standard InChI is InChI=1S/C18H28OSSi/c1-6-8-10-15-16(11-9-7-2)18(14-19)20-17(15)12-13-21(3,4)5/h14H,6-11H2,1-5H3. The zero-order valence-electron chi connectivity index (χ0n) is 14.1. The fourth-order valence-electron chi connectivity index (χ4n) is 2.20. The highest BCUT2D eigenvalue weighted by molar-refractivity contribution is 7.14. The molecule has 0 fully saturated rings. The Hall–Kier alpha value is -0.853. The molecular weight excluding hydrogens is 292 g/mol. The zero-order chi connectivity index (χ0) is 15.9. The second-order valence-corrected chi connectivity index (χ2v) is 12.4. The van der Waals surface area contributed by atoms with Crippen LogP contribution in [0.5, 0.6) is 0 Å². The van der Waals surface area contributed by atoms with Crippen molar-refractivity contribution in [3.05, 3.63) is 20.9 Å². The second-order valence-electron chi connectivity index (χ2n) is 6.58. The maximum atomic E-state index is 11.4. The summed E-state index contributed by atoms with van der Waals surface area (Å²) in [5, 5.41) is 0. The van der Waals surface area contributed by atoms with E-state index in [4.69, 9.17) is 0 Å². The van der Waals surface area contributed by atoms with Gasteiger partial charge in [-0.1, -0.05) is 52.3 Å². The van der Waals surface area contributed by atoms with Gasteiger partial charge in [-0.3, -0.25) is 4.79 Å². The number of thiophene rings is 1.